The van der Waals surface area contributed by atoms with E-state index in [1.54, 1.807) is 10.9 Å². The summed E-state index contributed by atoms with van der Waals surface area (Å²) < 4.78 is 28.8. The van der Waals surface area contributed by atoms with Crippen molar-refractivity contribution < 1.29 is 19.0 Å². The van der Waals surface area contributed by atoms with Gasteiger partial charge in [-0.1, -0.05) is 12.2 Å². The number of nitrogens with two attached hydrogens (primary N) is 1. The Kier molecular flexibility index (Phi) is 7.18. The summed E-state index contributed by atoms with van der Waals surface area (Å²) in [6, 6.07) is 5.43. The minimum Gasteiger partial charge on any atom is -0.390 e. The fourth-order valence-electron chi connectivity index (χ4n) is 5.08. The van der Waals surface area contributed by atoms with Crippen LogP contribution in [0.25, 0.3) is 11.9 Å². The lowest BCUT2D eigenvalue weighted by atomic mass is 10.0. The number of rotatable bonds is 6. The van der Waals surface area contributed by atoms with Gasteiger partial charge in [-0.05, 0) is 31.9 Å². The molecule has 2 aliphatic rings. The van der Waals surface area contributed by atoms with Crippen LogP contribution < -0.4 is 10.6 Å². The number of aliphatic hydroxyl groups is 2. The van der Waals surface area contributed by atoms with Gasteiger partial charge >= 0.3 is 0 Å². The van der Waals surface area contributed by atoms with Crippen molar-refractivity contribution in [1.29, 1.82) is 0 Å². The first-order valence-corrected chi connectivity index (χ1v) is 12.4. The van der Waals surface area contributed by atoms with Gasteiger partial charge in [-0.3, -0.25) is 4.90 Å². The van der Waals surface area contributed by atoms with Crippen molar-refractivity contribution in [1.82, 2.24) is 24.6 Å². The third-order valence-electron chi connectivity index (χ3n) is 7.17. The number of halogens is 2. The molecule has 0 spiro atoms. The van der Waals surface area contributed by atoms with E-state index in [4.69, 9.17) is 5.73 Å². The molecule has 3 heterocycles. The summed E-state index contributed by atoms with van der Waals surface area (Å²) in [5, 5.41) is 24.3. The highest BCUT2D eigenvalue weighted by atomic mass is 19.1. The molecule has 1 aliphatic heterocycles. The Morgan fingerprint density at radius 1 is 1.00 bits per heavy atom. The van der Waals surface area contributed by atoms with Crippen molar-refractivity contribution in [2.45, 2.75) is 37.9 Å². The highest BCUT2D eigenvalue weighted by Gasteiger charge is 2.33. The highest BCUT2D eigenvalue weighted by Crippen LogP contribution is 2.34. The van der Waals surface area contributed by atoms with Crippen molar-refractivity contribution in [3.8, 4) is 5.82 Å². The largest absolute Gasteiger partial charge is 0.390 e. The number of hydrogen-bond acceptors (Lipinski definition) is 8. The number of benzene rings is 1. The molecule has 9 nitrogen and oxygen atoms in total. The Morgan fingerprint density at radius 2 is 1.68 bits per heavy atom. The van der Waals surface area contributed by atoms with E-state index in [0.29, 0.717) is 43.1 Å². The molecule has 2 fully saturated rings. The lowest BCUT2D eigenvalue weighted by Gasteiger charge is -2.35. The van der Waals surface area contributed by atoms with Gasteiger partial charge in [0.15, 0.2) is 5.82 Å². The van der Waals surface area contributed by atoms with E-state index in [1.165, 1.54) is 12.1 Å². The Bertz CT molecular complexity index is 1260. The van der Waals surface area contributed by atoms with Gasteiger partial charge in [-0.15, -0.1) is 0 Å². The fraction of sp³-hybridized carbons (Fsp3) is 0.423. The van der Waals surface area contributed by atoms with Gasteiger partial charge in [0, 0.05) is 62.0 Å². The van der Waals surface area contributed by atoms with Crippen LogP contribution in [-0.4, -0.2) is 79.8 Å². The number of aliphatic hydroxyl groups excluding tert-OH is 2. The van der Waals surface area contributed by atoms with Gasteiger partial charge in [0.05, 0.1) is 29.8 Å². The van der Waals surface area contributed by atoms with Gasteiger partial charge < -0.3 is 20.8 Å². The number of nitrogens with zero attached hydrogens (tertiary/aromatic N) is 6. The highest BCUT2D eigenvalue weighted by molar-refractivity contribution is 5.52. The molecule has 2 atom stereocenters. The molecule has 1 saturated heterocycles. The summed E-state index contributed by atoms with van der Waals surface area (Å²) >= 11 is 0. The third kappa shape index (κ3) is 5.63. The van der Waals surface area contributed by atoms with Crippen LogP contribution in [0.15, 0.2) is 36.5 Å². The van der Waals surface area contributed by atoms with E-state index in [2.05, 4.69) is 26.0 Å². The van der Waals surface area contributed by atoms with E-state index in [-0.39, 0.29) is 11.9 Å². The molecule has 2 aromatic heterocycles. The molecular formula is C26H31F2N7O2. The van der Waals surface area contributed by atoms with Crippen LogP contribution in [-0.2, 0) is 0 Å². The fourth-order valence-corrected chi connectivity index (χ4v) is 5.08. The number of aromatic nitrogens is 4. The Labute approximate surface area is 213 Å². The lowest BCUT2D eigenvalue weighted by molar-refractivity contribution is 0.0438. The van der Waals surface area contributed by atoms with Gasteiger partial charge in [-0.2, -0.15) is 10.1 Å². The Morgan fingerprint density at radius 3 is 2.35 bits per heavy atom. The number of nitrogen functional groups attached to an aromatic ring is 1. The Hall–Kier alpha value is -3.41. The minimum absolute atomic E-state index is 0.0929. The summed E-state index contributed by atoms with van der Waals surface area (Å²) in [4.78, 5) is 12.9. The average Bonchev–Trinajstić information content (AvgIpc) is 3.40. The second-order valence-electron chi connectivity index (χ2n) is 9.73. The van der Waals surface area contributed by atoms with Crippen LogP contribution in [0.3, 0.4) is 0 Å². The second kappa shape index (κ2) is 10.5. The Balaban J connectivity index is 1.21. The summed E-state index contributed by atoms with van der Waals surface area (Å²) in [5.74, 6) is -0.554. The second-order valence-corrected chi connectivity index (χ2v) is 9.73. The van der Waals surface area contributed by atoms with Gasteiger partial charge in [0.1, 0.15) is 11.6 Å². The molecule has 37 heavy (non-hydrogen) atoms. The molecule has 11 heteroatoms. The molecule has 0 radical (unpaired) electrons. The molecule has 0 unspecified atom stereocenters. The van der Waals surface area contributed by atoms with E-state index >= 15 is 0 Å². The van der Waals surface area contributed by atoms with E-state index < -0.39 is 23.8 Å². The predicted octanol–water partition coefficient (Wildman–Crippen LogP) is 2.27. The summed E-state index contributed by atoms with van der Waals surface area (Å²) in [5.41, 5.74) is 9.06. The molecule has 3 aromatic rings. The topological polar surface area (TPSA) is 117 Å². The molecule has 4 N–H and O–H groups in total. The standard InChI is InChI=1S/C26H31F2N7O2/c1-16-17(3-2-4-33-5-7-34(8-6-33)21-12-19(27)11-20(28)13-21)15-30-35(16)25-14-22(31-26(29)32-25)18-9-23(36)24(37)10-18/h2-3,11-15,18,23-24,36-37H,4-10H2,1H3,(H2,29,31,32)/b3-2+/t23-,24-/m1/s1. The summed E-state index contributed by atoms with van der Waals surface area (Å²) in [6.07, 6.45) is 5.19. The van der Waals surface area contributed by atoms with Crippen LogP contribution >= 0.6 is 0 Å². The first kappa shape index (κ1) is 25.2. The zero-order valence-corrected chi connectivity index (χ0v) is 20.6. The van der Waals surface area contributed by atoms with E-state index in [1.807, 2.05) is 24.0 Å². The molecule has 1 aliphatic carbocycles. The monoisotopic (exact) mass is 511 g/mol. The molecule has 5 rings (SSSR count). The van der Waals surface area contributed by atoms with Crippen LogP contribution in [0.1, 0.15) is 35.7 Å². The zero-order chi connectivity index (χ0) is 26.1. The number of anilines is 2. The van der Waals surface area contributed by atoms with E-state index in [9.17, 15) is 19.0 Å². The predicted molar refractivity (Wildman–Crippen MR) is 136 cm³/mol. The number of hydrogen-bond donors (Lipinski definition) is 3. The first-order chi connectivity index (χ1) is 17.8. The van der Waals surface area contributed by atoms with Crippen molar-refractivity contribution in [3.63, 3.8) is 0 Å². The smallest absolute Gasteiger partial charge is 0.222 e. The van der Waals surface area contributed by atoms with Crippen LogP contribution in [0, 0.1) is 18.6 Å². The first-order valence-electron chi connectivity index (χ1n) is 12.4. The van der Waals surface area contributed by atoms with Crippen molar-refractivity contribution in [3.05, 3.63) is 65.1 Å². The SMILES string of the molecule is Cc1c(/C=C/CN2CCN(c3cc(F)cc(F)c3)CC2)cnn1-c1cc(C2C[C@@H](O)[C@H](O)C2)nc(N)n1. The maximum Gasteiger partial charge on any atom is 0.222 e. The molecule has 1 saturated carbocycles. The molecule has 1 aromatic carbocycles. The summed E-state index contributed by atoms with van der Waals surface area (Å²) in [7, 11) is 0. The molecule has 0 bridgehead atoms. The van der Waals surface area contributed by atoms with Crippen molar-refractivity contribution in [2.24, 2.45) is 0 Å². The van der Waals surface area contributed by atoms with Gasteiger partial charge in [0.25, 0.3) is 0 Å². The molecule has 0 amide bonds. The van der Waals surface area contributed by atoms with E-state index in [0.717, 1.165) is 37.0 Å². The van der Waals surface area contributed by atoms with Crippen LogP contribution in [0.5, 0.6) is 0 Å². The van der Waals surface area contributed by atoms with Gasteiger partial charge in [-0.25, -0.2) is 18.4 Å². The van der Waals surface area contributed by atoms with Crippen LogP contribution in [0.2, 0.25) is 0 Å². The lowest BCUT2D eigenvalue weighted by Crippen LogP contribution is -2.46. The molecule has 196 valence electrons. The minimum atomic E-state index is -0.764. The molecular weight excluding hydrogens is 480 g/mol. The van der Waals surface area contributed by atoms with Crippen molar-refractivity contribution >= 4 is 17.7 Å². The van der Waals surface area contributed by atoms with Crippen LogP contribution in [0.4, 0.5) is 20.4 Å². The summed E-state index contributed by atoms with van der Waals surface area (Å²) in [6.45, 7) is 5.65. The zero-order valence-electron chi connectivity index (χ0n) is 20.6. The third-order valence-corrected chi connectivity index (χ3v) is 7.17. The van der Waals surface area contributed by atoms with Crippen molar-refractivity contribution in [2.75, 3.05) is 43.4 Å². The average molecular weight is 512 g/mol. The normalized spacial score (nSPS) is 21.4. The van der Waals surface area contributed by atoms with Gasteiger partial charge in [0.2, 0.25) is 5.95 Å². The number of piperazine rings is 1. The maximum atomic E-state index is 13.5. The quantitative estimate of drug-likeness (QED) is 0.462. The maximum absolute atomic E-state index is 13.5.